The number of anilines is 1. The minimum Gasteiger partial charge on any atom is -0.316 e. The highest BCUT2D eigenvalue weighted by Crippen LogP contribution is 2.29. The largest absolute Gasteiger partial charge is 0.416 e. The van der Waals surface area contributed by atoms with E-state index in [1.54, 1.807) is 29.4 Å². The van der Waals surface area contributed by atoms with Crippen molar-refractivity contribution in [2.24, 2.45) is 5.73 Å². The number of hydrogen-bond acceptors (Lipinski definition) is 3. The van der Waals surface area contributed by atoms with Crippen LogP contribution >= 0.6 is 12.4 Å². The van der Waals surface area contributed by atoms with Crippen LogP contribution in [0.4, 0.5) is 18.9 Å². The van der Waals surface area contributed by atoms with Crippen LogP contribution in [0.1, 0.15) is 33.9 Å². The Morgan fingerprint density at radius 3 is 2.31 bits per heavy atom. The molecule has 1 unspecified atom stereocenters. The molecule has 2 aromatic carbocycles. The number of rotatable bonds is 6. The maximum atomic E-state index is 13.3. The van der Waals surface area contributed by atoms with E-state index in [0.29, 0.717) is 23.2 Å². The Morgan fingerprint density at radius 1 is 1.06 bits per heavy atom. The Bertz CT molecular complexity index is 1040. The van der Waals surface area contributed by atoms with Gasteiger partial charge in [-0.1, -0.05) is 24.3 Å². The molecule has 1 aromatic heterocycles. The zero-order valence-electron chi connectivity index (χ0n) is 17.8. The summed E-state index contributed by atoms with van der Waals surface area (Å²) in [5.41, 5.74) is 9.63. The molecule has 0 saturated heterocycles. The summed E-state index contributed by atoms with van der Waals surface area (Å²) in [4.78, 5) is 18.9. The summed E-state index contributed by atoms with van der Waals surface area (Å²) >= 11 is 0. The van der Waals surface area contributed by atoms with Crippen LogP contribution in [0.2, 0.25) is 0 Å². The second kappa shape index (κ2) is 10.6. The number of pyridine rings is 1. The van der Waals surface area contributed by atoms with Gasteiger partial charge in [-0.05, 0) is 72.9 Å². The van der Waals surface area contributed by atoms with E-state index in [1.165, 1.54) is 12.1 Å². The van der Waals surface area contributed by atoms with Gasteiger partial charge in [0, 0.05) is 24.6 Å². The molecule has 3 aromatic rings. The molecule has 32 heavy (non-hydrogen) atoms. The third-order valence-corrected chi connectivity index (χ3v) is 5.28. The number of aryl methyl sites for hydroxylation is 2. The summed E-state index contributed by atoms with van der Waals surface area (Å²) < 4.78 is 38.4. The van der Waals surface area contributed by atoms with Gasteiger partial charge in [0.1, 0.15) is 6.04 Å². The number of aromatic nitrogens is 1. The standard InChI is InChI=1S/C24H24F3N3O.ClH/c1-16-5-10-21(14-17(16)2)30(23(31)22(28)19-4-3-12-29-15-19)13-11-18-6-8-20(9-7-18)24(25,26)27;/h3-10,12,14-15,22H,11,13,28H2,1-2H3;1H. The highest BCUT2D eigenvalue weighted by Gasteiger charge is 2.30. The Kier molecular flexibility index (Phi) is 8.41. The third kappa shape index (κ3) is 6.08. The number of halogens is 4. The average Bonchev–Trinajstić information content (AvgIpc) is 2.76. The Morgan fingerprint density at radius 2 is 1.75 bits per heavy atom. The fourth-order valence-corrected chi connectivity index (χ4v) is 3.23. The molecule has 0 bridgehead atoms. The number of alkyl halides is 3. The van der Waals surface area contributed by atoms with E-state index < -0.39 is 17.8 Å². The van der Waals surface area contributed by atoms with Crippen LogP contribution in [0.25, 0.3) is 0 Å². The predicted molar refractivity (Wildman–Crippen MR) is 122 cm³/mol. The van der Waals surface area contributed by atoms with Gasteiger partial charge >= 0.3 is 6.18 Å². The van der Waals surface area contributed by atoms with Gasteiger partial charge < -0.3 is 10.6 Å². The first-order valence-corrected chi connectivity index (χ1v) is 9.87. The highest BCUT2D eigenvalue weighted by atomic mass is 35.5. The van der Waals surface area contributed by atoms with Crippen molar-refractivity contribution < 1.29 is 18.0 Å². The summed E-state index contributed by atoms with van der Waals surface area (Å²) in [7, 11) is 0. The van der Waals surface area contributed by atoms with Crippen molar-refractivity contribution in [1.29, 1.82) is 0 Å². The SMILES string of the molecule is Cc1ccc(N(CCc2ccc(C(F)(F)F)cc2)C(=O)C(N)c2cccnc2)cc1C.Cl. The van der Waals surface area contributed by atoms with Crippen molar-refractivity contribution >= 4 is 24.0 Å². The van der Waals surface area contributed by atoms with Crippen LogP contribution in [0, 0.1) is 13.8 Å². The number of carbonyl (C=O) groups is 1. The van der Waals surface area contributed by atoms with Crippen LogP contribution in [-0.4, -0.2) is 17.4 Å². The Labute approximate surface area is 191 Å². The number of amides is 1. The zero-order chi connectivity index (χ0) is 22.6. The van der Waals surface area contributed by atoms with E-state index in [4.69, 9.17) is 5.73 Å². The molecule has 0 spiro atoms. The van der Waals surface area contributed by atoms with E-state index >= 15 is 0 Å². The molecule has 170 valence electrons. The molecule has 0 saturated carbocycles. The van der Waals surface area contributed by atoms with Crippen LogP contribution in [0.15, 0.2) is 67.0 Å². The number of nitrogens with zero attached hydrogens (tertiary/aromatic N) is 2. The fraction of sp³-hybridized carbons (Fsp3) is 0.250. The van der Waals surface area contributed by atoms with E-state index in [1.807, 2.05) is 32.0 Å². The van der Waals surface area contributed by atoms with Gasteiger partial charge in [-0.3, -0.25) is 9.78 Å². The average molecular weight is 464 g/mol. The van der Waals surface area contributed by atoms with Crippen LogP contribution in [-0.2, 0) is 17.4 Å². The number of hydrogen-bond donors (Lipinski definition) is 1. The zero-order valence-corrected chi connectivity index (χ0v) is 18.6. The van der Waals surface area contributed by atoms with Crippen molar-refractivity contribution in [3.05, 3.63) is 94.8 Å². The normalized spacial score (nSPS) is 12.1. The summed E-state index contributed by atoms with van der Waals surface area (Å²) in [5, 5.41) is 0. The quantitative estimate of drug-likeness (QED) is 0.531. The molecule has 2 N–H and O–H groups in total. The first-order valence-electron chi connectivity index (χ1n) is 9.87. The van der Waals surface area contributed by atoms with Crippen molar-refractivity contribution in [3.63, 3.8) is 0 Å². The molecule has 0 aliphatic carbocycles. The van der Waals surface area contributed by atoms with Crippen LogP contribution in [0.3, 0.4) is 0 Å². The van der Waals surface area contributed by atoms with Crippen LogP contribution < -0.4 is 10.6 Å². The van der Waals surface area contributed by atoms with Gasteiger partial charge in [0.25, 0.3) is 0 Å². The maximum absolute atomic E-state index is 13.3. The summed E-state index contributed by atoms with van der Waals surface area (Å²) in [6.45, 7) is 4.22. The summed E-state index contributed by atoms with van der Waals surface area (Å²) in [6.07, 6.45) is -0.837. The molecule has 0 fully saturated rings. The molecule has 0 radical (unpaired) electrons. The molecule has 0 aliphatic heterocycles. The molecule has 0 aliphatic rings. The lowest BCUT2D eigenvalue weighted by atomic mass is 10.0. The van der Waals surface area contributed by atoms with E-state index in [-0.39, 0.29) is 24.9 Å². The first kappa shape index (κ1) is 25.4. The second-order valence-corrected chi connectivity index (χ2v) is 7.47. The minimum atomic E-state index is -4.38. The van der Waals surface area contributed by atoms with Gasteiger partial charge in [0.15, 0.2) is 0 Å². The number of carbonyl (C=O) groups excluding carboxylic acids is 1. The maximum Gasteiger partial charge on any atom is 0.416 e. The fourth-order valence-electron chi connectivity index (χ4n) is 3.23. The van der Waals surface area contributed by atoms with Gasteiger partial charge in [-0.15, -0.1) is 12.4 Å². The molecule has 1 atom stereocenters. The predicted octanol–water partition coefficient (Wildman–Crippen LogP) is 5.41. The lowest BCUT2D eigenvalue weighted by Gasteiger charge is -2.27. The van der Waals surface area contributed by atoms with Crippen LogP contribution in [0.5, 0.6) is 0 Å². The van der Waals surface area contributed by atoms with E-state index in [0.717, 1.165) is 23.3 Å². The highest BCUT2D eigenvalue weighted by molar-refractivity contribution is 5.97. The van der Waals surface area contributed by atoms with Gasteiger partial charge in [0.05, 0.1) is 5.56 Å². The third-order valence-electron chi connectivity index (χ3n) is 5.28. The molecular formula is C24H25ClF3N3O. The summed E-state index contributed by atoms with van der Waals surface area (Å²) in [5.74, 6) is -0.303. The number of benzene rings is 2. The van der Waals surface area contributed by atoms with Gasteiger partial charge in [-0.25, -0.2) is 0 Å². The van der Waals surface area contributed by atoms with E-state index in [9.17, 15) is 18.0 Å². The topological polar surface area (TPSA) is 59.2 Å². The molecule has 3 rings (SSSR count). The van der Waals surface area contributed by atoms with Gasteiger partial charge in [0.2, 0.25) is 5.91 Å². The Hall–Kier alpha value is -2.90. The minimum absolute atomic E-state index is 0. The lowest BCUT2D eigenvalue weighted by Crippen LogP contribution is -2.40. The molecule has 8 heteroatoms. The monoisotopic (exact) mass is 463 g/mol. The van der Waals surface area contributed by atoms with Crippen molar-refractivity contribution in [2.45, 2.75) is 32.5 Å². The molecule has 1 amide bonds. The summed E-state index contributed by atoms with van der Waals surface area (Å²) in [6, 6.07) is 13.2. The van der Waals surface area contributed by atoms with Crippen molar-refractivity contribution in [1.82, 2.24) is 4.98 Å². The first-order chi connectivity index (χ1) is 14.7. The molecule has 1 heterocycles. The second-order valence-electron chi connectivity index (χ2n) is 7.47. The van der Waals surface area contributed by atoms with Gasteiger partial charge in [-0.2, -0.15) is 13.2 Å². The smallest absolute Gasteiger partial charge is 0.316 e. The van der Waals surface area contributed by atoms with E-state index in [2.05, 4.69) is 4.98 Å². The van der Waals surface area contributed by atoms with Crippen molar-refractivity contribution in [2.75, 3.05) is 11.4 Å². The lowest BCUT2D eigenvalue weighted by molar-refractivity contribution is -0.137. The number of nitrogens with two attached hydrogens (primary N) is 1. The van der Waals surface area contributed by atoms with Crippen molar-refractivity contribution in [3.8, 4) is 0 Å². The molecular weight excluding hydrogens is 439 g/mol. The molecule has 4 nitrogen and oxygen atoms in total. The Balaban J connectivity index is 0.00000363.